The lowest BCUT2D eigenvalue weighted by atomic mass is 10.0. The molecule has 1 heterocycles. The number of aryl methyl sites for hydroxylation is 3. The first-order chi connectivity index (χ1) is 8.41. The molecule has 88 valence electrons. The van der Waals surface area contributed by atoms with Crippen molar-refractivity contribution in [3.05, 3.63) is 52.7 Å². The molecule has 0 unspecified atom stereocenters. The summed E-state index contributed by atoms with van der Waals surface area (Å²) in [7, 11) is 1.96. The van der Waals surface area contributed by atoms with Gasteiger partial charge in [0.05, 0.1) is 0 Å². The van der Waals surface area contributed by atoms with Gasteiger partial charge in [-0.15, -0.1) is 0 Å². The van der Waals surface area contributed by atoms with E-state index in [1.807, 2.05) is 18.5 Å². The average Bonchev–Trinajstić information content (AvgIpc) is 2.32. The van der Waals surface area contributed by atoms with Gasteiger partial charge in [0.1, 0.15) is 8.42 Å². The smallest absolute Gasteiger partial charge is 0.201 e. The molecule has 0 aliphatic rings. The number of nitrogens with zero attached hydrogens (tertiary/aromatic N) is 1. The molecule has 2 rings (SSSR count). The number of benzene rings is 1. The van der Waals surface area contributed by atoms with Crippen LogP contribution >= 0.6 is 0 Å². The number of hydrogen-bond acceptors (Lipinski definition) is 0. The lowest BCUT2D eigenvalue weighted by molar-refractivity contribution is -0.660. The Balaban J connectivity index is 2.72. The Morgan fingerprint density at radius 1 is 0.941 bits per heavy atom. The van der Waals surface area contributed by atoms with Crippen LogP contribution < -0.4 is 4.57 Å². The Hall–Kier alpha value is -1.63. The van der Waals surface area contributed by atoms with Crippen molar-refractivity contribution in [2.24, 2.45) is 7.05 Å². The molecule has 1 nitrogen and oxygen atoms in total. The van der Waals surface area contributed by atoms with Crippen molar-refractivity contribution < 1.29 is 5.94 Å². The molecule has 0 radical (unpaired) electrons. The summed E-state index contributed by atoms with van der Waals surface area (Å²) in [6.45, 7) is 8.30. The number of hydrogen-bond donors (Lipinski definition) is 0. The molecular formula is C16H20N+. The van der Waals surface area contributed by atoms with E-state index in [0.717, 1.165) is 11.3 Å². The van der Waals surface area contributed by atoms with E-state index >= 15 is 0 Å². The molecule has 0 fully saturated rings. The highest BCUT2D eigenvalue weighted by molar-refractivity contribution is 5.62. The van der Waals surface area contributed by atoms with Crippen LogP contribution in [0, 0.1) is 27.7 Å². The topological polar surface area (TPSA) is 3.88 Å². The van der Waals surface area contributed by atoms with Gasteiger partial charge in [-0.2, -0.15) is 0 Å². The summed E-state index contributed by atoms with van der Waals surface area (Å²) in [5, 5.41) is 0. The summed E-state index contributed by atoms with van der Waals surface area (Å²) < 4.78 is 10.1. The van der Waals surface area contributed by atoms with E-state index in [9.17, 15) is 0 Å². The Labute approximate surface area is 105 Å². The lowest BCUT2D eigenvalue weighted by Gasteiger charge is -2.07. The molecule has 1 aromatic carbocycles. The maximum Gasteiger partial charge on any atom is 0.212 e. The minimum atomic E-state index is 0.588. The van der Waals surface area contributed by atoms with E-state index in [2.05, 4.69) is 45.0 Å². The van der Waals surface area contributed by atoms with Gasteiger partial charge in [0.25, 0.3) is 0 Å². The molecule has 1 aromatic heterocycles. The van der Waals surface area contributed by atoms with Gasteiger partial charge >= 0.3 is 0 Å². The zero-order valence-electron chi connectivity index (χ0n) is 12.3. The second kappa shape index (κ2) is 4.33. The van der Waals surface area contributed by atoms with Crippen molar-refractivity contribution in [1.82, 2.24) is 0 Å². The third kappa shape index (κ3) is 2.23. The zero-order valence-corrected chi connectivity index (χ0v) is 11.3. The van der Waals surface area contributed by atoms with Crippen LogP contribution in [0.3, 0.4) is 0 Å². The van der Waals surface area contributed by atoms with Crippen LogP contribution in [0.25, 0.3) is 11.3 Å². The van der Waals surface area contributed by atoms with Crippen LogP contribution in [-0.4, -0.2) is 0 Å². The molecular weight excluding hydrogens is 206 g/mol. The van der Waals surface area contributed by atoms with E-state index < -0.39 is 0 Å². The fraction of sp³-hybridized carbons (Fsp3) is 0.312. The summed E-state index contributed by atoms with van der Waals surface area (Å²) in [6.07, 6.45) is 0.588. The van der Waals surface area contributed by atoms with Crippen molar-refractivity contribution in [2.45, 2.75) is 27.7 Å². The maximum absolute atomic E-state index is 8.15. The van der Waals surface area contributed by atoms with Gasteiger partial charge in [-0.3, -0.25) is 0 Å². The molecule has 1 heteroatoms. The van der Waals surface area contributed by atoms with Gasteiger partial charge in [0.15, 0.2) is 6.17 Å². The fourth-order valence-corrected chi connectivity index (χ4v) is 2.17. The first-order valence-electron chi connectivity index (χ1n) is 6.46. The summed E-state index contributed by atoms with van der Waals surface area (Å²) >= 11 is 0. The normalized spacial score (nSPS) is 11.5. The van der Waals surface area contributed by atoms with Gasteiger partial charge in [0.2, 0.25) is 5.69 Å². The molecule has 0 amide bonds. The molecule has 0 aliphatic carbocycles. The molecule has 0 aliphatic heterocycles. The first-order valence-corrected chi connectivity index (χ1v) is 5.96. The van der Waals surface area contributed by atoms with Gasteiger partial charge in [-0.1, -0.05) is 17.7 Å². The number of aromatic nitrogens is 1. The highest BCUT2D eigenvalue weighted by Gasteiger charge is 2.13. The first kappa shape index (κ1) is 10.5. The fourth-order valence-electron chi connectivity index (χ4n) is 2.17. The van der Waals surface area contributed by atoms with Gasteiger partial charge in [-0.25, -0.2) is 4.57 Å². The van der Waals surface area contributed by atoms with Crippen LogP contribution in [0.5, 0.6) is 0 Å². The van der Waals surface area contributed by atoms with E-state index in [1.54, 1.807) is 0 Å². The van der Waals surface area contributed by atoms with Crippen molar-refractivity contribution in [1.29, 1.82) is 0 Å². The van der Waals surface area contributed by atoms with Crippen LogP contribution in [0.4, 0.5) is 0 Å². The van der Waals surface area contributed by atoms with Crippen LogP contribution in [-0.2, 0) is 7.05 Å². The Morgan fingerprint density at radius 3 is 2.29 bits per heavy atom. The molecule has 0 bridgehead atoms. The standard InChI is InChI=1S/C16H20N/c1-11-6-7-15(13(3)8-11)16-9-12(2)14(4)10-17(16)5/h6-10H,1-5H3/q+1/i10D. The summed E-state index contributed by atoms with van der Waals surface area (Å²) in [4.78, 5) is 0. The number of rotatable bonds is 1. The molecule has 0 saturated carbocycles. The van der Waals surface area contributed by atoms with E-state index in [1.165, 1.54) is 22.3 Å². The Morgan fingerprint density at radius 2 is 1.65 bits per heavy atom. The predicted octanol–water partition coefficient (Wildman–Crippen LogP) is 3.41. The SMILES string of the molecule is [2H]c1c(C)c(C)cc(-c2ccc(C)cc2C)[n+]1C. The van der Waals surface area contributed by atoms with Gasteiger partial charge < -0.3 is 0 Å². The predicted molar refractivity (Wildman–Crippen MR) is 72.0 cm³/mol. The number of pyridine rings is 1. The molecule has 17 heavy (non-hydrogen) atoms. The quantitative estimate of drug-likeness (QED) is 0.657. The van der Waals surface area contributed by atoms with Crippen LogP contribution in [0.1, 0.15) is 23.6 Å². The second-order valence-corrected chi connectivity index (χ2v) is 4.83. The van der Waals surface area contributed by atoms with Gasteiger partial charge in [-0.05, 0) is 44.9 Å². The molecule has 0 spiro atoms. The summed E-state index contributed by atoms with van der Waals surface area (Å²) in [5.41, 5.74) is 7.07. The summed E-state index contributed by atoms with van der Waals surface area (Å²) in [5.74, 6) is 0. The molecule has 0 saturated heterocycles. The van der Waals surface area contributed by atoms with E-state index in [0.29, 0.717) is 6.17 Å². The highest BCUT2D eigenvalue weighted by atomic mass is 14.9. The largest absolute Gasteiger partial charge is 0.212 e. The maximum atomic E-state index is 8.15. The second-order valence-electron chi connectivity index (χ2n) is 4.83. The zero-order chi connectivity index (χ0) is 13.4. The Kier molecular flexibility index (Phi) is 2.68. The van der Waals surface area contributed by atoms with Crippen molar-refractivity contribution in [3.63, 3.8) is 0 Å². The average molecular weight is 227 g/mol. The van der Waals surface area contributed by atoms with Crippen molar-refractivity contribution >= 4 is 0 Å². The van der Waals surface area contributed by atoms with Crippen LogP contribution in [0.15, 0.2) is 30.4 Å². The molecule has 2 aromatic rings. The minimum Gasteiger partial charge on any atom is -0.201 e. The Bertz CT molecular complexity index is 615. The van der Waals surface area contributed by atoms with Crippen molar-refractivity contribution in [3.8, 4) is 11.3 Å². The van der Waals surface area contributed by atoms with Crippen LogP contribution in [0.2, 0.25) is 0 Å². The third-order valence-corrected chi connectivity index (χ3v) is 3.30. The highest BCUT2D eigenvalue weighted by Crippen LogP contribution is 2.22. The van der Waals surface area contributed by atoms with Crippen molar-refractivity contribution in [2.75, 3.05) is 0 Å². The lowest BCUT2D eigenvalue weighted by Crippen LogP contribution is -2.31. The van der Waals surface area contributed by atoms with Gasteiger partial charge in [0, 0.05) is 17.2 Å². The molecule has 0 atom stereocenters. The minimum absolute atomic E-state index is 0.588. The molecule has 0 N–H and O–H groups in total. The van der Waals surface area contributed by atoms with E-state index in [-0.39, 0.29) is 0 Å². The van der Waals surface area contributed by atoms with E-state index in [4.69, 9.17) is 1.37 Å². The summed E-state index contributed by atoms with van der Waals surface area (Å²) in [6, 6.07) is 8.63. The third-order valence-electron chi connectivity index (χ3n) is 3.30. The monoisotopic (exact) mass is 227 g/mol.